The number of nitrogens with zero attached hydrogens (tertiary/aromatic N) is 1. The van der Waals surface area contributed by atoms with E-state index < -0.39 is 0 Å². The van der Waals surface area contributed by atoms with Crippen molar-refractivity contribution in [2.75, 3.05) is 5.32 Å². The van der Waals surface area contributed by atoms with Gasteiger partial charge in [0, 0.05) is 18.4 Å². The number of aryl methyl sites for hydroxylation is 1. The highest BCUT2D eigenvalue weighted by molar-refractivity contribution is 5.62. The third kappa shape index (κ3) is 3.31. The summed E-state index contributed by atoms with van der Waals surface area (Å²) in [6.45, 7) is 3.02. The average Bonchev–Trinajstić information content (AvgIpc) is 3.08. The van der Waals surface area contributed by atoms with E-state index in [0.717, 1.165) is 29.9 Å². The Morgan fingerprint density at radius 1 is 0.905 bits per heavy atom. The van der Waals surface area contributed by atoms with Crippen LogP contribution in [-0.2, 0) is 13.0 Å². The van der Waals surface area contributed by atoms with Crippen molar-refractivity contribution < 1.29 is 0 Å². The molecule has 0 atom stereocenters. The lowest BCUT2D eigenvalue weighted by atomic mass is 10.1. The Morgan fingerprint density at radius 2 is 1.62 bits per heavy atom. The first kappa shape index (κ1) is 13.4. The van der Waals surface area contributed by atoms with Crippen molar-refractivity contribution in [3.8, 4) is 11.3 Å². The molecule has 0 aliphatic heterocycles. The van der Waals surface area contributed by atoms with Crippen LogP contribution in [0.2, 0.25) is 0 Å². The Morgan fingerprint density at radius 3 is 2.24 bits per heavy atom. The summed E-state index contributed by atoms with van der Waals surface area (Å²) in [5.41, 5.74) is 5.98. The molecule has 0 saturated heterocycles. The summed E-state index contributed by atoms with van der Waals surface area (Å²) in [5, 5.41) is 10.4. The molecule has 0 aliphatic rings. The number of hydrogen-bond donors (Lipinski definition) is 2. The van der Waals surface area contributed by atoms with Gasteiger partial charge < -0.3 is 5.32 Å². The van der Waals surface area contributed by atoms with Gasteiger partial charge in [-0.15, -0.1) is 0 Å². The highest BCUT2D eigenvalue weighted by Crippen LogP contribution is 2.19. The lowest BCUT2D eigenvalue weighted by Gasteiger charge is -2.08. The summed E-state index contributed by atoms with van der Waals surface area (Å²) in [6.07, 6.45) is 2.85. The van der Waals surface area contributed by atoms with E-state index in [9.17, 15) is 0 Å². The molecule has 3 rings (SSSR count). The molecular formula is C18H19N3. The summed E-state index contributed by atoms with van der Waals surface area (Å²) in [4.78, 5) is 0. The Labute approximate surface area is 125 Å². The summed E-state index contributed by atoms with van der Waals surface area (Å²) in [7, 11) is 0. The highest BCUT2D eigenvalue weighted by Gasteiger charge is 1.99. The zero-order valence-corrected chi connectivity index (χ0v) is 12.1. The van der Waals surface area contributed by atoms with Gasteiger partial charge in [0.1, 0.15) is 0 Å². The maximum absolute atomic E-state index is 3.97. The fourth-order valence-electron chi connectivity index (χ4n) is 2.28. The van der Waals surface area contributed by atoms with E-state index in [1.54, 1.807) is 6.20 Å². The van der Waals surface area contributed by atoms with Crippen LogP contribution in [0.3, 0.4) is 0 Å². The van der Waals surface area contributed by atoms with E-state index in [1.165, 1.54) is 11.1 Å². The smallest absolute Gasteiger partial charge is 0.0650 e. The van der Waals surface area contributed by atoms with Gasteiger partial charge in [-0.1, -0.05) is 43.3 Å². The van der Waals surface area contributed by atoms with Gasteiger partial charge in [0.05, 0.1) is 5.69 Å². The maximum Gasteiger partial charge on any atom is 0.0650 e. The molecule has 3 nitrogen and oxygen atoms in total. The third-order valence-corrected chi connectivity index (χ3v) is 3.62. The second-order valence-corrected chi connectivity index (χ2v) is 5.07. The molecular weight excluding hydrogens is 258 g/mol. The number of aromatic amines is 1. The first-order chi connectivity index (χ1) is 10.3. The van der Waals surface area contributed by atoms with Gasteiger partial charge in [0.25, 0.3) is 0 Å². The lowest BCUT2D eigenvalue weighted by Crippen LogP contribution is -1.99. The monoisotopic (exact) mass is 277 g/mol. The molecule has 3 aromatic rings. The second kappa shape index (κ2) is 6.27. The molecule has 0 saturated carbocycles. The molecule has 0 amide bonds. The fraction of sp³-hybridized carbons (Fsp3) is 0.167. The van der Waals surface area contributed by atoms with E-state index in [1.807, 2.05) is 6.07 Å². The molecule has 0 radical (unpaired) electrons. The van der Waals surface area contributed by atoms with Gasteiger partial charge in [-0.2, -0.15) is 5.10 Å². The lowest BCUT2D eigenvalue weighted by molar-refractivity contribution is 1.09. The molecule has 1 heterocycles. The first-order valence-electron chi connectivity index (χ1n) is 7.26. The molecule has 0 aliphatic carbocycles. The summed E-state index contributed by atoms with van der Waals surface area (Å²) in [5.74, 6) is 0. The quantitative estimate of drug-likeness (QED) is 0.732. The Hall–Kier alpha value is -2.55. The minimum Gasteiger partial charge on any atom is -0.381 e. The molecule has 0 spiro atoms. The molecule has 0 fully saturated rings. The number of nitrogens with one attached hydrogen (secondary N) is 2. The normalized spacial score (nSPS) is 10.5. The third-order valence-electron chi connectivity index (χ3n) is 3.62. The Bertz CT molecular complexity index is 667. The summed E-state index contributed by atoms with van der Waals surface area (Å²) >= 11 is 0. The molecule has 1 aromatic heterocycles. The highest BCUT2D eigenvalue weighted by atomic mass is 15.1. The molecule has 2 aromatic carbocycles. The maximum atomic E-state index is 3.97. The first-order valence-corrected chi connectivity index (χ1v) is 7.26. The minimum atomic E-state index is 0.841. The van der Waals surface area contributed by atoms with Crippen LogP contribution in [-0.4, -0.2) is 10.2 Å². The predicted octanol–water partition coefficient (Wildman–Crippen LogP) is 4.25. The van der Waals surface area contributed by atoms with Crippen molar-refractivity contribution in [2.45, 2.75) is 19.9 Å². The topological polar surface area (TPSA) is 40.7 Å². The SMILES string of the molecule is CCc1ccc(CNc2ccc(-c3ccn[nH]3)cc2)cc1. The van der Waals surface area contributed by atoms with Crippen molar-refractivity contribution >= 4 is 5.69 Å². The van der Waals surface area contributed by atoms with Crippen LogP contribution in [0.25, 0.3) is 11.3 Å². The van der Waals surface area contributed by atoms with E-state index in [2.05, 4.69) is 71.0 Å². The molecule has 3 heteroatoms. The predicted molar refractivity (Wildman–Crippen MR) is 87.2 cm³/mol. The Kier molecular flexibility index (Phi) is 4.01. The van der Waals surface area contributed by atoms with Gasteiger partial charge in [0.2, 0.25) is 0 Å². The number of hydrogen-bond acceptors (Lipinski definition) is 2. The molecule has 106 valence electrons. The van der Waals surface area contributed by atoms with Crippen molar-refractivity contribution in [2.24, 2.45) is 0 Å². The van der Waals surface area contributed by atoms with Gasteiger partial charge in [0.15, 0.2) is 0 Å². The van der Waals surface area contributed by atoms with Crippen LogP contribution in [0.5, 0.6) is 0 Å². The minimum absolute atomic E-state index is 0.841. The molecule has 21 heavy (non-hydrogen) atoms. The summed E-state index contributed by atoms with van der Waals surface area (Å²) in [6, 6.07) is 19.1. The second-order valence-electron chi connectivity index (χ2n) is 5.07. The van der Waals surface area contributed by atoms with Crippen LogP contribution < -0.4 is 5.32 Å². The van der Waals surface area contributed by atoms with Gasteiger partial charge >= 0.3 is 0 Å². The standard InChI is InChI=1S/C18H19N3/c1-2-14-3-5-15(6-4-14)13-19-17-9-7-16(8-10-17)18-11-12-20-21-18/h3-12,19H,2,13H2,1H3,(H,20,21). The zero-order valence-electron chi connectivity index (χ0n) is 12.1. The fourth-order valence-corrected chi connectivity index (χ4v) is 2.28. The van der Waals surface area contributed by atoms with Crippen LogP contribution >= 0.6 is 0 Å². The van der Waals surface area contributed by atoms with E-state index >= 15 is 0 Å². The number of H-pyrrole nitrogens is 1. The average molecular weight is 277 g/mol. The number of aromatic nitrogens is 2. The Balaban J connectivity index is 1.62. The van der Waals surface area contributed by atoms with Gasteiger partial charge in [-0.05, 0) is 41.3 Å². The van der Waals surface area contributed by atoms with Crippen molar-refractivity contribution in [1.29, 1.82) is 0 Å². The number of rotatable bonds is 5. The number of benzene rings is 2. The van der Waals surface area contributed by atoms with Gasteiger partial charge in [-0.25, -0.2) is 0 Å². The van der Waals surface area contributed by atoms with Crippen LogP contribution in [0, 0.1) is 0 Å². The van der Waals surface area contributed by atoms with Crippen LogP contribution in [0.4, 0.5) is 5.69 Å². The molecule has 0 unspecified atom stereocenters. The van der Waals surface area contributed by atoms with Crippen molar-refractivity contribution in [1.82, 2.24) is 10.2 Å². The van der Waals surface area contributed by atoms with Crippen molar-refractivity contribution in [3.05, 3.63) is 71.9 Å². The largest absolute Gasteiger partial charge is 0.381 e. The van der Waals surface area contributed by atoms with E-state index in [0.29, 0.717) is 0 Å². The van der Waals surface area contributed by atoms with Crippen LogP contribution in [0.1, 0.15) is 18.1 Å². The number of anilines is 1. The van der Waals surface area contributed by atoms with Gasteiger partial charge in [-0.3, -0.25) is 5.10 Å². The van der Waals surface area contributed by atoms with Crippen molar-refractivity contribution in [3.63, 3.8) is 0 Å². The molecule has 0 bridgehead atoms. The van der Waals surface area contributed by atoms with E-state index in [4.69, 9.17) is 0 Å². The zero-order chi connectivity index (χ0) is 14.5. The van der Waals surface area contributed by atoms with E-state index in [-0.39, 0.29) is 0 Å². The summed E-state index contributed by atoms with van der Waals surface area (Å²) < 4.78 is 0. The molecule has 2 N–H and O–H groups in total. The van der Waals surface area contributed by atoms with Crippen LogP contribution in [0.15, 0.2) is 60.8 Å².